The minimum absolute atomic E-state index is 0.229. The highest BCUT2D eigenvalue weighted by Gasteiger charge is 2.05. The Morgan fingerprint density at radius 1 is 1.44 bits per heavy atom. The largest absolute Gasteiger partial charge is 0.508 e. The van der Waals surface area contributed by atoms with Crippen LogP contribution in [-0.2, 0) is 6.42 Å². The van der Waals surface area contributed by atoms with E-state index < -0.39 is 0 Å². The van der Waals surface area contributed by atoms with Crippen LogP contribution in [0.15, 0.2) is 30.6 Å². The van der Waals surface area contributed by atoms with Crippen molar-refractivity contribution in [3.05, 3.63) is 42.0 Å². The lowest BCUT2D eigenvalue weighted by Gasteiger charge is -2.14. The number of phenolic OH excluding ortho intramolecular Hbond substituents is 1. The summed E-state index contributed by atoms with van der Waals surface area (Å²) in [6.45, 7) is 2.99. The number of phenols is 1. The molecule has 5 heteroatoms. The standard InChI is InChI=1S/C13H18N4O/c1-10(11-4-2-5-12(18)8-11)14-7-3-6-13-15-9-16-17-13/h2,4-5,8-10,14,18H,3,6-7H2,1H3,(H,15,16,17). The van der Waals surface area contributed by atoms with Gasteiger partial charge in [-0.2, -0.15) is 5.10 Å². The molecule has 1 heterocycles. The maximum atomic E-state index is 9.41. The number of nitrogens with one attached hydrogen (secondary N) is 2. The molecule has 2 aromatic rings. The molecular formula is C13H18N4O. The van der Waals surface area contributed by atoms with E-state index in [-0.39, 0.29) is 6.04 Å². The molecule has 0 amide bonds. The summed E-state index contributed by atoms with van der Waals surface area (Å²) in [5, 5.41) is 19.5. The zero-order chi connectivity index (χ0) is 12.8. The third-order valence-electron chi connectivity index (χ3n) is 2.88. The zero-order valence-electron chi connectivity index (χ0n) is 10.4. The summed E-state index contributed by atoms with van der Waals surface area (Å²) in [4.78, 5) is 4.08. The second kappa shape index (κ2) is 6.16. The Morgan fingerprint density at radius 2 is 2.33 bits per heavy atom. The first-order valence-corrected chi connectivity index (χ1v) is 6.12. The molecule has 0 spiro atoms. The summed E-state index contributed by atoms with van der Waals surface area (Å²) < 4.78 is 0. The summed E-state index contributed by atoms with van der Waals surface area (Å²) in [6.07, 6.45) is 3.41. The number of aromatic amines is 1. The maximum absolute atomic E-state index is 9.41. The molecule has 0 aliphatic rings. The van der Waals surface area contributed by atoms with E-state index in [1.165, 1.54) is 6.33 Å². The second-order valence-electron chi connectivity index (χ2n) is 4.31. The number of benzene rings is 1. The van der Waals surface area contributed by atoms with Crippen LogP contribution in [0.2, 0.25) is 0 Å². The van der Waals surface area contributed by atoms with Crippen molar-refractivity contribution >= 4 is 0 Å². The van der Waals surface area contributed by atoms with Crippen LogP contribution in [0.1, 0.15) is 30.8 Å². The Labute approximate surface area is 106 Å². The number of aromatic hydroxyl groups is 1. The van der Waals surface area contributed by atoms with Crippen molar-refractivity contribution in [2.45, 2.75) is 25.8 Å². The molecule has 0 saturated heterocycles. The van der Waals surface area contributed by atoms with Crippen LogP contribution in [-0.4, -0.2) is 26.8 Å². The van der Waals surface area contributed by atoms with Crippen LogP contribution in [0, 0.1) is 0 Å². The van der Waals surface area contributed by atoms with Crippen molar-refractivity contribution in [3.8, 4) is 5.75 Å². The van der Waals surface area contributed by atoms with Gasteiger partial charge in [0.2, 0.25) is 0 Å². The first kappa shape index (κ1) is 12.6. The fourth-order valence-electron chi connectivity index (χ4n) is 1.84. The second-order valence-corrected chi connectivity index (χ2v) is 4.31. The molecule has 0 aliphatic heterocycles. The smallest absolute Gasteiger partial charge is 0.137 e. The van der Waals surface area contributed by atoms with E-state index in [0.717, 1.165) is 30.8 Å². The van der Waals surface area contributed by atoms with Gasteiger partial charge in [0.25, 0.3) is 0 Å². The average Bonchev–Trinajstić information content (AvgIpc) is 2.87. The van der Waals surface area contributed by atoms with Gasteiger partial charge in [0, 0.05) is 12.5 Å². The molecule has 3 N–H and O–H groups in total. The molecule has 5 nitrogen and oxygen atoms in total. The third-order valence-corrected chi connectivity index (χ3v) is 2.88. The van der Waals surface area contributed by atoms with Crippen LogP contribution in [0.5, 0.6) is 5.75 Å². The van der Waals surface area contributed by atoms with E-state index in [9.17, 15) is 5.11 Å². The highest BCUT2D eigenvalue weighted by molar-refractivity contribution is 5.28. The molecular weight excluding hydrogens is 228 g/mol. The molecule has 0 fully saturated rings. The minimum Gasteiger partial charge on any atom is -0.508 e. The normalized spacial score (nSPS) is 12.5. The van der Waals surface area contributed by atoms with Crippen molar-refractivity contribution in [2.75, 3.05) is 6.54 Å². The fraction of sp³-hybridized carbons (Fsp3) is 0.385. The first-order valence-electron chi connectivity index (χ1n) is 6.12. The van der Waals surface area contributed by atoms with E-state index in [1.807, 2.05) is 12.1 Å². The number of nitrogens with zero attached hydrogens (tertiary/aromatic N) is 2. The van der Waals surface area contributed by atoms with Gasteiger partial charge in [-0.15, -0.1) is 0 Å². The number of aromatic nitrogens is 3. The van der Waals surface area contributed by atoms with Gasteiger partial charge in [-0.1, -0.05) is 12.1 Å². The molecule has 18 heavy (non-hydrogen) atoms. The van der Waals surface area contributed by atoms with E-state index in [1.54, 1.807) is 12.1 Å². The summed E-state index contributed by atoms with van der Waals surface area (Å²) >= 11 is 0. The lowest BCUT2D eigenvalue weighted by atomic mass is 10.1. The quantitative estimate of drug-likeness (QED) is 0.679. The van der Waals surface area contributed by atoms with Gasteiger partial charge in [0.1, 0.15) is 17.9 Å². The lowest BCUT2D eigenvalue weighted by Crippen LogP contribution is -2.20. The van der Waals surface area contributed by atoms with Gasteiger partial charge in [-0.25, -0.2) is 4.98 Å². The van der Waals surface area contributed by atoms with E-state index >= 15 is 0 Å². The van der Waals surface area contributed by atoms with Gasteiger partial charge >= 0.3 is 0 Å². The molecule has 1 aromatic carbocycles. The van der Waals surface area contributed by atoms with E-state index in [4.69, 9.17) is 0 Å². The van der Waals surface area contributed by atoms with Gasteiger partial charge < -0.3 is 10.4 Å². The maximum Gasteiger partial charge on any atom is 0.137 e. The summed E-state index contributed by atoms with van der Waals surface area (Å²) in [6, 6.07) is 7.56. The minimum atomic E-state index is 0.229. The molecule has 1 aromatic heterocycles. The van der Waals surface area contributed by atoms with Crippen LogP contribution < -0.4 is 5.32 Å². The van der Waals surface area contributed by atoms with E-state index in [2.05, 4.69) is 27.4 Å². The molecule has 0 radical (unpaired) electrons. The molecule has 1 unspecified atom stereocenters. The predicted molar refractivity (Wildman–Crippen MR) is 69.2 cm³/mol. The number of hydrogen-bond donors (Lipinski definition) is 3. The van der Waals surface area contributed by atoms with Crippen molar-refractivity contribution in [1.29, 1.82) is 0 Å². The Hall–Kier alpha value is -1.88. The Morgan fingerprint density at radius 3 is 3.06 bits per heavy atom. The molecule has 0 saturated carbocycles. The molecule has 0 bridgehead atoms. The van der Waals surface area contributed by atoms with Crippen molar-refractivity contribution < 1.29 is 5.11 Å². The van der Waals surface area contributed by atoms with Crippen LogP contribution in [0.3, 0.4) is 0 Å². The fourth-order valence-corrected chi connectivity index (χ4v) is 1.84. The lowest BCUT2D eigenvalue weighted by molar-refractivity contribution is 0.472. The van der Waals surface area contributed by atoms with Crippen LogP contribution in [0.25, 0.3) is 0 Å². The van der Waals surface area contributed by atoms with Gasteiger partial charge in [-0.3, -0.25) is 5.10 Å². The SMILES string of the molecule is CC(NCCCc1ncn[nH]1)c1cccc(O)c1. The molecule has 96 valence electrons. The number of H-pyrrole nitrogens is 1. The predicted octanol–water partition coefficient (Wildman–Crippen LogP) is 1.79. The van der Waals surface area contributed by atoms with E-state index in [0.29, 0.717) is 5.75 Å². The monoisotopic (exact) mass is 246 g/mol. The van der Waals surface area contributed by atoms with Crippen molar-refractivity contribution in [2.24, 2.45) is 0 Å². The number of aryl methyl sites for hydroxylation is 1. The van der Waals surface area contributed by atoms with Crippen molar-refractivity contribution in [3.63, 3.8) is 0 Å². The topological polar surface area (TPSA) is 73.8 Å². The number of hydrogen-bond acceptors (Lipinski definition) is 4. The average molecular weight is 246 g/mol. The number of rotatable bonds is 6. The van der Waals surface area contributed by atoms with Gasteiger partial charge in [0.05, 0.1) is 0 Å². The third kappa shape index (κ3) is 3.56. The van der Waals surface area contributed by atoms with Gasteiger partial charge in [-0.05, 0) is 37.6 Å². The molecule has 2 rings (SSSR count). The molecule has 0 aliphatic carbocycles. The van der Waals surface area contributed by atoms with Crippen LogP contribution in [0.4, 0.5) is 0 Å². The summed E-state index contributed by atoms with van der Waals surface area (Å²) in [7, 11) is 0. The summed E-state index contributed by atoms with van der Waals surface area (Å²) in [5.74, 6) is 1.23. The highest BCUT2D eigenvalue weighted by atomic mass is 16.3. The highest BCUT2D eigenvalue weighted by Crippen LogP contribution is 2.17. The van der Waals surface area contributed by atoms with Gasteiger partial charge in [0.15, 0.2) is 0 Å². The zero-order valence-corrected chi connectivity index (χ0v) is 10.4. The Balaban J connectivity index is 1.73. The van der Waals surface area contributed by atoms with Crippen LogP contribution >= 0.6 is 0 Å². The summed E-state index contributed by atoms with van der Waals surface area (Å²) in [5.41, 5.74) is 1.09. The Kier molecular flexibility index (Phi) is 4.30. The first-order chi connectivity index (χ1) is 8.75. The Bertz CT molecular complexity index is 470. The van der Waals surface area contributed by atoms with Crippen molar-refractivity contribution in [1.82, 2.24) is 20.5 Å². The molecule has 1 atom stereocenters.